The minimum atomic E-state index is -4.05. The topological polar surface area (TPSA) is 110 Å². The molecule has 0 saturated heterocycles. The van der Waals surface area contributed by atoms with E-state index < -0.39 is 26.5 Å². The smallest absolute Gasteiger partial charge is 0.313 e. The first-order valence-electron chi connectivity index (χ1n) is 6.06. The molecule has 112 valence electrons. The third kappa shape index (κ3) is 3.80. The van der Waals surface area contributed by atoms with Crippen LogP contribution in [0, 0.1) is 21.4 Å². The lowest BCUT2D eigenvalue weighted by Crippen LogP contribution is -2.13. The fourth-order valence-electron chi connectivity index (χ4n) is 1.72. The molecule has 8 heteroatoms. The van der Waals surface area contributed by atoms with Crippen LogP contribution in [0.4, 0.5) is 5.69 Å². The lowest BCUT2D eigenvalue weighted by molar-refractivity contribution is -0.385. The van der Waals surface area contributed by atoms with Crippen molar-refractivity contribution in [2.24, 2.45) is 0 Å². The Kier molecular flexibility index (Phi) is 4.39. The van der Waals surface area contributed by atoms with E-state index in [0.29, 0.717) is 11.1 Å². The maximum absolute atomic E-state index is 12.0. The molecule has 0 fully saturated rings. The molecule has 0 atom stereocenters. The van der Waals surface area contributed by atoms with E-state index in [9.17, 15) is 18.5 Å². The monoisotopic (exact) mass is 318 g/mol. The molecule has 0 heterocycles. The first kappa shape index (κ1) is 15.5. The molecule has 0 amide bonds. The standard InChI is InChI=1S/C14H10N2O5S/c15-9-11-5-7-12(8-6-11)10-22(19,20)21-14-4-2-1-3-13(14)16(17)18/h1-8H,10H2. The van der Waals surface area contributed by atoms with Crippen LogP contribution in [0.2, 0.25) is 0 Å². The Balaban J connectivity index is 2.21. The number of nitro groups is 1. The van der Waals surface area contributed by atoms with Gasteiger partial charge in [0.05, 0.1) is 16.6 Å². The summed E-state index contributed by atoms with van der Waals surface area (Å²) in [6.07, 6.45) is 0. The average molecular weight is 318 g/mol. The molecule has 22 heavy (non-hydrogen) atoms. The van der Waals surface area contributed by atoms with Crippen LogP contribution in [-0.2, 0) is 15.9 Å². The van der Waals surface area contributed by atoms with Crippen molar-refractivity contribution in [1.29, 1.82) is 5.26 Å². The molecule has 0 aliphatic rings. The van der Waals surface area contributed by atoms with Crippen LogP contribution in [0.15, 0.2) is 48.5 Å². The zero-order chi connectivity index (χ0) is 16.2. The van der Waals surface area contributed by atoms with E-state index in [2.05, 4.69) is 0 Å². The summed E-state index contributed by atoms with van der Waals surface area (Å²) in [5.41, 5.74) is 0.393. The SMILES string of the molecule is N#Cc1ccc(CS(=O)(=O)Oc2ccccc2[N+](=O)[O-])cc1. The summed E-state index contributed by atoms with van der Waals surface area (Å²) in [6.45, 7) is 0. The summed E-state index contributed by atoms with van der Waals surface area (Å²) in [7, 11) is -4.05. The van der Waals surface area contributed by atoms with E-state index in [4.69, 9.17) is 9.44 Å². The van der Waals surface area contributed by atoms with Gasteiger partial charge in [-0.05, 0) is 23.8 Å². The molecular formula is C14H10N2O5S. The Hall–Kier alpha value is -2.92. The van der Waals surface area contributed by atoms with E-state index in [-0.39, 0.29) is 5.75 Å². The highest BCUT2D eigenvalue weighted by Crippen LogP contribution is 2.27. The van der Waals surface area contributed by atoms with Gasteiger partial charge in [-0.15, -0.1) is 0 Å². The molecule has 0 spiro atoms. The zero-order valence-corrected chi connectivity index (χ0v) is 12.0. The van der Waals surface area contributed by atoms with E-state index in [1.165, 1.54) is 42.5 Å². The number of para-hydroxylation sites is 2. The molecule has 2 aromatic carbocycles. The zero-order valence-electron chi connectivity index (χ0n) is 11.2. The molecule has 0 bridgehead atoms. The second-order valence-electron chi connectivity index (χ2n) is 4.32. The summed E-state index contributed by atoms with van der Waals surface area (Å²) in [6, 6.07) is 13.1. The normalized spacial score (nSPS) is 10.7. The van der Waals surface area contributed by atoms with Crippen LogP contribution < -0.4 is 4.18 Å². The van der Waals surface area contributed by atoms with Gasteiger partial charge >= 0.3 is 15.8 Å². The van der Waals surface area contributed by atoms with Gasteiger partial charge in [0, 0.05) is 6.07 Å². The molecule has 0 N–H and O–H groups in total. The third-order valence-electron chi connectivity index (χ3n) is 2.71. The molecule has 0 aromatic heterocycles. The fraction of sp³-hybridized carbons (Fsp3) is 0.0714. The molecule has 2 rings (SSSR count). The largest absolute Gasteiger partial charge is 0.375 e. The Labute approximate surface area is 126 Å². The van der Waals surface area contributed by atoms with Gasteiger partial charge < -0.3 is 4.18 Å². The fourth-order valence-corrected chi connectivity index (χ4v) is 2.80. The Morgan fingerprint density at radius 3 is 2.36 bits per heavy atom. The number of hydrogen-bond donors (Lipinski definition) is 0. The van der Waals surface area contributed by atoms with Crippen LogP contribution >= 0.6 is 0 Å². The van der Waals surface area contributed by atoms with Crippen LogP contribution in [0.5, 0.6) is 5.75 Å². The third-order valence-corrected chi connectivity index (χ3v) is 3.83. The quantitative estimate of drug-likeness (QED) is 0.475. The van der Waals surface area contributed by atoms with Crippen molar-refractivity contribution in [2.75, 3.05) is 0 Å². The minimum Gasteiger partial charge on any atom is -0.375 e. The Morgan fingerprint density at radius 1 is 1.14 bits per heavy atom. The molecule has 0 saturated carbocycles. The number of nitrogens with zero attached hydrogens (tertiary/aromatic N) is 2. The highest BCUT2D eigenvalue weighted by molar-refractivity contribution is 7.86. The predicted octanol–water partition coefficient (Wildman–Crippen LogP) is 2.38. The van der Waals surface area contributed by atoms with Gasteiger partial charge in [-0.25, -0.2) is 0 Å². The summed E-state index contributed by atoms with van der Waals surface area (Å²) in [5.74, 6) is -0.786. The first-order valence-corrected chi connectivity index (χ1v) is 7.63. The highest BCUT2D eigenvalue weighted by atomic mass is 32.2. The van der Waals surface area contributed by atoms with Crippen molar-refractivity contribution < 1.29 is 17.5 Å². The van der Waals surface area contributed by atoms with Gasteiger partial charge in [-0.3, -0.25) is 10.1 Å². The number of nitriles is 1. The second-order valence-corrected chi connectivity index (χ2v) is 5.89. The number of hydrogen-bond acceptors (Lipinski definition) is 6. The lowest BCUT2D eigenvalue weighted by Gasteiger charge is -2.07. The number of benzene rings is 2. The summed E-state index contributed by atoms with van der Waals surface area (Å²) in [5, 5.41) is 19.5. The van der Waals surface area contributed by atoms with Crippen molar-refractivity contribution in [2.45, 2.75) is 5.75 Å². The lowest BCUT2D eigenvalue weighted by atomic mass is 10.2. The Bertz CT molecular complexity index is 838. The molecule has 0 radical (unpaired) electrons. The molecule has 0 aliphatic heterocycles. The summed E-state index contributed by atoms with van der Waals surface area (Å²) in [4.78, 5) is 10.1. The second kappa shape index (κ2) is 6.24. The van der Waals surface area contributed by atoms with E-state index >= 15 is 0 Å². The minimum absolute atomic E-state index is 0.332. The van der Waals surface area contributed by atoms with Crippen molar-refractivity contribution in [1.82, 2.24) is 0 Å². The first-order chi connectivity index (χ1) is 10.4. The van der Waals surface area contributed by atoms with Crippen molar-refractivity contribution in [3.8, 4) is 11.8 Å². The maximum atomic E-state index is 12.0. The molecule has 0 aliphatic carbocycles. The summed E-state index contributed by atoms with van der Waals surface area (Å²) >= 11 is 0. The van der Waals surface area contributed by atoms with Crippen LogP contribution in [-0.4, -0.2) is 13.3 Å². The predicted molar refractivity (Wildman–Crippen MR) is 77.5 cm³/mol. The van der Waals surface area contributed by atoms with Gasteiger partial charge in [-0.2, -0.15) is 13.7 Å². The maximum Gasteiger partial charge on any atom is 0.313 e. The van der Waals surface area contributed by atoms with E-state index in [1.54, 1.807) is 0 Å². The van der Waals surface area contributed by atoms with Crippen LogP contribution in [0.1, 0.15) is 11.1 Å². The van der Waals surface area contributed by atoms with Crippen LogP contribution in [0.25, 0.3) is 0 Å². The molecule has 7 nitrogen and oxygen atoms in total. The van der Waals surface area contributed by atoms with Crippen LogP contribution in [0.3, 0.4) is 0 Å². The molecular weight excluding hydrogens is 308 g/mol. The van der Waals surface area contributed by atoms with Gasteiger partial charge in [0.25, 0.3) is 0 Å². The van der Waals surface area contributed by atoms with Crippen molar-refractivity contribution in [3.63, 3.8) is 0 Å². The average Bonchev–Trinajstić information content (AvgIpc) is 2.47. The summed E-state index contributed by atoms with van der Waals surface area (Å²) < 4.78 is 28.8. The number of rotatable bonds is 5. The van der Waals surface area contributed by atoms with Gasteiger partial charge in [0.1, 0.15) is 5.75 Å². The molecule has 0 unspecified atom stereocenters. The van der Waals surface area contributed by atoms with Gasteiger partial charge in [-0.1, -0.05) is 24.3 Å². The van der Waals surface area contributed by atoms with Gasteiger partial charge in [0.15, 0.2) is 0 Å². The molecule has 2 aromatic rings. The number of nitro benzene ring substituents is 1. The van der Waals surface area contributed by atoms with Gasteiger partial charge in [0.2, 0.25) is 5.75 Å². The highest BCUT2D eigenvalue weighted by Gasteiger charge is 2.21. The van der Waals surface area contributed by atoms with E-state index in [0.717, 1.165) is 6.07 Å². The van der Waals surface area contributed by atoms with Crippen molar-refractivity contribution in [3.05, 3.63) is 69.8 Å². The van der Waals surface area contributed by atoms with Crippen molar-refractivity contribution >= 4 is 15.8 Å². The van der Waals surface area contributed by atoms with E-state index in [1.807, 2.05) is 6.07 Å². The Morgan fingerprint density at radius 2 is 1.77 bits per heavy atom.